The Hall–Kier alpha value is -1.31. The van der Waals surface area contributed by atoms with Gasteiger partial charge in [0.15, 0.2) is 0 Å². The summed E-state index contributed by atoms with van der Waals surface area (Å²) in [7, 11) is 0. The molecule has 1 aromatic rings. The van der Waals surface area contributed by atoms with Gasteiger partial charge in [0.25, 0.3) is 0 Å². The number of amides is 1. The van der Waals surface area contributed by atoms with E-state index >= 15 is 0 Å². The molecule has 2 heteroatoms. The van der Waals surface area contributed by atoms with Gasteiger partial charge in [-0.1, -0.05) is 38.0 Å². The van der Waals surface area contributed by atoms with Gasteiger partial charge >= 0.3 is 0 Å². The van der Waals surface area contributed by atoms with Gasteiger partial charge in [-0.2, -0.15) is 0 Å². The largest absolute Gasteiger partial charge is 0.356 e. The molecule has 18 heavy (non-hydrogen) atoms. The number of benzene rings is 1. The second-order valence-electron chi connectivity index (χ2n) is 4.93. The fourth-order valence-electron chi connectivity index (χ4n) is 2.19. The molecule has 1 rings (SSSR count). The second-order valence-corrected chi connectivity index (χ2v) is 4.93. The lowest BCUT2D eigenvalue weighted by Gasteiger charge is -2.10. The van der Waals surface area contributed by atoms with Gasteiger partial charge in [0.2, 0.25) is 5.91 Å². The number of hydrogen-bond acceptors (Lipinski definition) is 1. The first kappa shape index (κ1) is 14.7. The Balaban J connectivity index is 2.31. The summed E-state index contributed by atoms with van der Waals surface area (Å²) in [5.41, 5.74) is 4.00. The summed E-state index contributed by atoms with van der Waals surface area (Å²) >= 11 is 0. The van der Waals surface area contributed by atoms with E-state index in [9.17, 15) is 4.79 Å². The third-order valence-electron chi connectivity index (χ3n) is 3.35. The molecule has 0 aliphatic carbocycles. The Morgan fingerprint density at radius 1 is 1.17 bits per heavy atom. The van der Waals surface area contributed by atoms with Crippen molar-refractivity contribution >= 4 is 5.91 Å². The molecule has 0 fully saturated rings. The average Bonchev–Trinajstić information content (AvgIpc) is 2.33. The van der Waals surface area contributed by atoms with Crippen LogP contribution in [0.15, 0.2) is 18.2 Å². The zero-order valence-electron chi connectivity index (χ0n) is 11.9. The van der Waals surface area contributed by atoms with Crippen molar-refractivity contribution in [1.82, 2.24) is 5.32 Å². The number of hydrogen-bond donors (Lipinski definition) is 1. The molecular weight excluding hydrogens is 222 g/mol. The maximum atomic E-state index is 11.6. The molecule has 0 atom stereocenters. The maximum absolute atomic E-state index is 11.6. The molecule has 0 aliphatic rings. The first-order valence-corrected chi connectivity index (χ1v) is 6.97. The van der Waals surface area contributed by atoms with Gasteiger partial charge < -0.3 is 5.32 Å². The molecule has 2 nitrogen and oxygen atoms in total. The third kappa shape index (κ3) is 4.91. The summed E-state index contributed by atoms with van der Waals surface area (Å²) < 4.78 is 0. The fourth-order valence-corrected chi connectivity index (χ4v) is 2.19. The van der Waals surface area contributed by atoms with Gasteiger partial charge in [-0.05, 0) is 43.4 Å². The van der Waals surface area contributed by atoms with Crippen LogP contribution in [0.3, 0.4) is 0 Å². The van der Waals surface area contributed by atoms with Crippen LogP contribution in [0.5, 0.6) is 0 Å². The van der Waals surface area contributed by atoms with Crippen LogP contribution < -0.4 is 5.32 Å². The van der Waals surface area contributed by atoms with Gasteiger partial charge in [-0.25, -0.2) is 0 Å². The molecule has 0 aliphatic heterocycles. The van der Waals surface area contributed by atoms with Crippen LogP contribution in [0.25, 0.3) is 0 Å². The van der Waals surface area contributed by atoms with E-state index in [-0.39, 0.29) is 5.91 Å². The van der Waals surface area contributed by atoms with E-state index < -0.39 is 0 Å². The highest BCUT2D eigenvalue weighted by molar-refractivity contribution is 5.75. The van der Waals surface area contributed by atoms with Crippen molar-refractivity contribution < 1.29 is 4.79 Å². The minimum Gasteiger partial charge on any atom is -0.356 e. The third-order valence-corrected chi connectivity index (χ3v) is 3.35. The van der Waals surface area contributed by atoms with E-state index in [0.717, 1.165) is 32.2 Å². The number of nitrogens with one attached hydrogen (secondary N) is 1. The lowest BCUT2D eigenvalue weighted by atomic mass is 10.0. The minimum atomic E-state index is 0.190. The van der Waals surface area contributed by atoms with E-state index in [2.05, 4.69) is 44.3 Å². The normalized spacial score (nSPS) is 10.4. The second kappa shape index (κ2) is 7.91. The number of aryl methyl sites for hydroxylation is 2. The molecule has 0 spiro atoms. The van der Waals surface area contributed by atoms with Crippen molar-refractivity contribution in [3.8, 4) is 0 Å². The average molecular weight is 247 g/mol. The molecule has 0 bridgehead atoms. The molecule has 0 radical (unpaired) electrons. The number of carbonyl (C=O) groups excluding carboxylic acids is 1. The molecule has 0 saturated carbocycles. The summed E-state index contributed by atoms with van der Waals surface area (Å²) in [5.74, 6) is 0.190. The van der Waals surface area contributed by atoms with Crippen LogP contribution in [-0.2, 0) is 11.2 Å². The molecule has 1 aromatic carbocycles. The van der Waals surface area contributed by atoms with Crippen LogP contribution in [0, 0.1) is 13.8 Å². The van der Waals surface area contributed by atoms with E-state index in [1.165, 1.54) is 16.7 Å². The van der Waals surface area contributed by atoms with Crippen LogP contribution >= 0.6 is 0 Å². The van der Waals surface area contributed by atoms with E-state index in [0.29, 0.717) is 6.42 Å². The van der Waals surface area contributed by atoms with Crippen LogP contribution in [0.1, 0.15) is 49.3 Å². The van der Waals surface area contributed by atoms with Crippen molar-refractivity contribution in [2.24, 2.45) is 0 Å². The summed E-state index contributed by atoms with van der Waals surface area (Å²) in [6.45, 7) is 7.16. The molecule has 100 valence electrons. The molecule has 0 unspecified atom stereocenters. The first-order chi connectivity index (χ1) is 8.65. The Labute approximate surface area is 111 Å². The molecule has 0 saturated heterocycles. The van der Waals surface area contributed by atoms with Crippen LogP contribution in [0.4, 0.5) is 0 Å². The van der Waals surface area contributed by atoms with Crippen molar-refractivity contribution in [2.75, 3.05) is 6.54 Å². The lowest BCUT2D eigenvalue weighted by Crippen LogP contribution is -2.25. The highest BCUT2D eigenvalue weighted by atomic mass is 16.1. The molecule has 0 aromatic heterocycles. The molecule has 1 N–H and O–H groups in total. The van der Waals surface area contributed by atoms with Crippen molar-refractivity contribution in [1.29, 1.82) is 0 Å². The maximum Gasteiger partial charge on any atom is 0.220 e. The minimum absolute atomic E-state index is 0.190. The SMILES string of the molecule is CCCCCC(=O)NCCc1c(C)cccc1C. The van der Waals surface area contributed by atoms with Gasteiger partial charge in [0.05, 0.1) is 0 Å². The predicted molar refractivity (Wildman–Crippen MR) is 76.8 cm³/mol. The smallest absolute Gasteiger partial charge is 0.220 e. The Morgan fingerprint density at radius 2 is 1.83 bits per heavy atom. The van der Waals surface area contributed by atoms with Crippen molar-refractivity contribution in [2.45, 2.75) is 52.9 Å². The number of unbranched alkanes of at least 4 members (excludes halogenated alkanes) is 2. The summed E-state index contributed by atoms with van der Waals surface area (Å²) in [6, 6.07) is 6.34. The Morgan fingerprint density at radius 3 is 2.44 bits per heavy atom. The Kier molecular flexibility index (Phi) is 6.48. The van der Waals surface area contributed by atoms with Crippen LogP contribution in [0.2, 0.25) is 0 Å². The zero-order chi connectivity index (χ0) is 13.4. The van der Waals surface area contributed by atoms with E-state index in [1.54, 1.807) is 0 Å². The van der Waals surface area contributed by atoms with Gasteiger partial charge in [0.1, 0.15) is 0 Å². The van der Waals surface area contributed by atoms with Gasteiger partial charge in [-0.15, -0.1) is 0 Å². The molecular formula is C16H25NO. The van der Waals surface area contributed by atoms with Crippen molar-refractivity contribution in [3.63, 3.8) is 0 Å². The highest BCUT2D eigenvalue weighted by Crippen LogP contribution is 2.13. The van der Waals surface area contributed by atoms with E-state index in [4.69, 9.17) is 0 Å². The number of carbonyl (C=O) groups is 1. The fraction of sp³-hybridized carbons (Fsp3) is 0.562. The summed E-state index contributed by atoms with van der Waals surface area (Å²) in [4.78, 5) is 11.6. The first-order valence-electron chi connectivity index (χ1n) is 6.97. The summed E-state index contributed by atoms with van der Waals surface area (Å²) in [5, 5.41) is 3.01. The Bertz CT molecular complexity index is 364. The van der Waals surface area contributed by atoms with Crippen LogP contribution in [-0.4, -0.2) is 12.5 Å². The standard InChI is InChI=1S/C16H25NO/c1-4-5-6-10-16(18)17-12-11-15-13(2)8-7-9-14(15)3/h7-9H,4-6,10-12H2,1-3H3,(H,17,18). The topological polar surface area (TPSA) is 29.1 Å². The highest BCUT2D eigenvalue weighted by Gasteiger charge is 2.04. The molecule has 0 heterocycles. The monoisotopic (exact) mass is 247 g/mol. The predicted octanol–water partition coefficient (Wildman–Crippen LogP) is 3.54. The van der Waals surface area contributed by atoms with E-state index in [1.807, 2.05) is 0 Å². The van der Waals surface area contributed by atoms with Crippen molar-refractivity contribution in [3.05, 3.63) is 34.9 Å². The molecule has 1 amide bonds. The summed E-state index contributed by atoms with van der Waals surface area (Å²) in [6.07, 6.45) is 4.91. The lowest BCUT2D eigenvalue weighted by molar-refractivity contribution is -0.121. The van der Waals surface area contributed by atoms with Gasteiger partial charge in [-0.3, -0.25) is 4.79 Å². The number of rotatable bonds is 7. The van der Waals surface area contributed by atoms with Gasteiger partial charge in [0, 0.05) is 13.0 Å². The quantitative estimate of drug-likeness (QED) is 0.734. The zero-order valence-corrected chi connectivity index (χ0v) is 11.9.